The summed E-state index contributed by atoms with van der Waals surface area (Å²) in [6.45, 7) is 5.24. The maximum Gasteiger partial charge on any atom is 0.0756 e. The lowest BCUT2D eigenvalue weighted by molar-refractivity contribution is -0.0452. The van der Waals surface area contributed by atoms with Crippen LogP contribution in [0.5, 0.6) is 0 Å². The molecular weight excluding hydrogens is 294 g/mol. The van der Waals surface area contributed by atoms with E-state index >= 15 is 0 Å². The molecule has 1 N–H and O–H groups in total. The first-order valence-electron chi connectivity index (χ1n) is 6.62. The second-order valence-corrected chi connectivity index (χ2v) is 6.58. The Morgan fingerprint density at radius 3 is 2.94 bits per heavy atom. The summed E-state index contributed by atoms with van der Waals surface area (Å²) in [6.07, 6.45) is 2.72. The van der Waals surface area contributed by atoms with Gasteiger partial charge in [-0.1, -0.05) is 0 Å². The van der Waals surface area contributed by atoms with E-state index in [9.17, 15) is 5.11 Å². The van der Waals surface area contributed by atoms with Crippen LogP contribution in [0.1, 0.15) is 24.2 Å². The summed E-state index contributed by atoms with van der Waals surface area (Å²) in [5, 5.41) is 15.4. The van der Waals surface area contributed by atoms with Crippen LogP contribution in [0, 0.1) is 12.8 Å². The van der Waals surface area contributed by atoms with Crippen molar-refractivity contribution in [1.82, 2.24) is 14.7 Å². The SMILES string of the molecule is Cc1nn(C)c(CC2(O)CCN3CCC2C3)c1Br. The molecule has 1 aromatic rings. The number of hydrogen-bond donors (Lipinski definition) is 1. The molecule has 3 rings (SSSR count). The van der Waals surface area contributed by atoms with E-state index in [0.717, 1.165) is 48.3 Å². The molecule has 2 fully saturated rings. The van der Waals surface area contributed by atoms with Crippen molar-refractivity contribution < 1.29 is 5.11 Å². The quantitative estimate of drug-likeness (QED) is 0.899. The predicted octanol–water partition coefficient (Wildman–Crippen LogP) is 1.49. The molecule has 0 amide bonds. The van der Waals surface area contributed by atoms with Gasteiger partial charge in [-0.05, 0) is 42.2 Å². The highest BCUT2D eigenvalue weighted by molar-refractivity contribution is 9.10. The first-order valence-corrected chi connectivity index (χ1v) is 7.41. The monoisotopic (exact) mass is 313 g/mol. The number of aromatic nitrogens is 2. The van der Waals surface area contributed by atoms with Gasteiger partial charge in [0, 0.05) is 32.5 Å². The lowest BCUT2D eigenvalue weighted by atomic mass is 9.79. The Morgan fingerprint density at radius 1 is 1.50 bits per heavy atom. The van der Waals surface area contributed by atoms with Gasteiger partial charge in [-0.15, -0.1) is 0 Å². The van der Waals surface area contributed by atoms with Gasteiger partial charge in [-0.3, -0.25) is 4.68 Å². The summed E-state index contributed by atoms with van der Waals surface area (Å²) in [4.78, 5) is 2.46. The molecule has 0 saturated carbocycles. The van der Waals surface area contributed by atoms with Crippen molar-refractivity contribution in [3.8, 4) is 0 Å². The molecular formula is C13H20BrN3O. The van der Waals surface area contributed by atoms with E-state index in [0.29, 0.717) is 12.3 Å². The van der Waals surface area contributed by atoms with E-state index in [2.05, 4.69) is 25.9 Å². The summed E-state index contributed by atoms with van der Waals surface area (Å²) in [7, 11) is 1.96. The molecule has 3 unspecified atom stereocenters. The van der Waals surface area contributed by atoms with Crippen molar-refractivity contribution in [3.63, 3.8) is 0 Å². The second kappa shape index (κ2) is 4.32. The largest absolute Gasteiger partial charge is 0.389 e. The van der Waals surface area contributed by atoms with Gasteiger partial charge < -0.3 is 10.0 Å². The van der Waals surface area contributed by atoms with Crippen LogP contribution in [0.2, 0.25) is 0 Å². The lowest BCUT2D eigenvalue weighted by Crippen LogP contribution is -2.48. The summed E-state index contributed by atoms with van der Waals surface area (Å²) in [5.74, 6) is 0.424. The van der Waals surface area contributed by atoms with Crippen LogP contribution in [0.15, 0.2) is 4.47 Å². The van der Waals surface area contributed by atoms with Crippen LogP contribution < -0.4 is 0 Å². The third-order valence-electron chi connectivity index (χ3n) is 4.63. The van der Waals surface area contributed by atoms with Crippen LogP contribution in [0.25, 0.3) is 0 Å². The number of aliphatic hydroxyl groups is 1. The van der Waals surface area contributed by atoms with E-state index in [1.54, 1.807) is 0 Å². The van der Waals surface area contributed by atoms with Gasteiger partial charge in [0.25, 0.3) is 0 Å². The van der Waals surface area contributed by atoms with Gasteiger partial charge in [-0.25, -0.2) is 0 Å². The molecule has 18 heavy (non-hydrogen) atoms. The van der Waals surface area contributed by atoms with Crippen LogP contribution in [0.3, 0.4) is 0 Å². The van der Waals surface area contributed by atoms with Crippen molar-refractivity contribution in [1.29, 1.82) is 0 Å². The number of fused-ring (bicyclic) bond motifs is 2. The first-order chi connectivity index (χ1) is 8.49. The summed E-state index contributed by atoms with van der Waals surface area (Å²) in [6, 6.07) is 0. The van der Waals surface area contributed by atoms with Gasteiger partial charge >= 0.3 is 0 Å². The van der Waals surface area contributed by atoms with Crippen molar-refractivity contribution >= 4 is 15.9 Å². The second-order valence-electron chi connectivity index (χ2n) is 5.79. The van der Waals surface area contributed by atoms with Crippen LogP contribution >= 0.6 is 15.9 Å². The normalized spacial score (nSPS) is 35.1. The van der Waals surface area contributed by atoms with Crippen LogP contribution in [-0.2, 0) is 13.5 Å². The van der Waals surface area contributed by atoms with E-state index in [-0.39, 0.29) is 0 Å². The number of rotatable bonds is 2. The predicted molar refractivity (Wildman–Crippen MR) is 73.5 cm³/mol. The van der Waals surface area contributed by atoms with Gasteiger partial charge in [0.05, 0.1) is 21.5 Å². The molecule has 2 saturated heterocycles. The zero-order chi connectivity index (χ0) is 12.9. The third kappa shape index (κ3) is 1.92. The van der Waals surface area contributed by atoms with Gasteiger partial charge in [0.1, 0.15) is 0 Å². The molecule has 2 aliphatic rings. The van der Waals surface area contributed by atoms with Crippen molar-refractivity contribution in [2.45, 2.75) is 31.8 Å². The van der Waals surface area contributed by atoms with Gasteiger partial charge in [-0.2, -0.15) is 5.10 Å². The Balaban J connectivity index is 1.87. The van der Waals surface area contributed by atoms with E-state index in [4.69, 9.17) is 0 Å². The minimum absolute atomic E-state index is 0.424. The molecule has 3 atom stereocenters. The number of hydrogen-bond acceptors (Lipinski definition) is 3. The average Bonchev–Trinajstić information content (AvgIpc) is 2.84. The highest BCUT2D eigenvalue weighted by atomic mass is 79.9. The Kier molecular flexibility index (Phi) is 3.03. The van der Waals surface area contributed by atoms with Crippen molar-refractivity contribution in [2.75, 3.05) is 19.6 Å². The number of halogens is 1. The topological polar surface area (TPSA) is 41.3 Å². The summed E-state index contributed by atoms with van der Waals surface area (Å²) in [5.41, 5.74) is 1.57. The number of aryl methyl sites for hydroxylation is 2. The summed E-state index contributed by atoms with van der Waals surface area (Å²) >= 11 is 3.60. The number of nitrogens with zero attached hydrogens (tertiary/aromatic N) is 3. The third-order valence-corrected chi connectivity index (χ3v) is 5.66. The molecule has 0 spiro atoms. The molecule has 5 heteroatoms. The molecule has 2 bridgehead atoms. The molecule has 2 aliphatic heterocycles. The highest BCUT2D eigenvalue weighted by Gasteiger charge is 2.45. The molecule has 0 aliphatic carbocycles. The number of piperidine rings is 1. The molecule has 0 radical (unpaired) electrons. The minimum Gasteiger partial charge on any atom is -0.389 e. The standard InChI is InChI=1S/C13H20BrN3O/c1-9-12(14)11(16(2)15-9)7-13(18)4-6-17-5-3-10(13)8-17/h10,18H,3-8H2,1-2H3. The fourth-order valence-electron chi connectivity index (χ4n) is 3.43. The fourth-order valence-corrected chi connectivity index (χ4v) is 3.90. The van der Waals surface area contributed by atoms with E-state index < -0.39 is 5.60 Å². The molecule has 0 aromatic carbocycles. The highest BCUT2D eigenvalue weighted by Crippen LogP contribution is 2.39. The summed E-state index contributed by atoms with van der Waals surface area (Å²) < 4.78 is 2.96. The van der Waals surface area contributed by atoms with E-state index in [1.807, 2.05) is 18.7 Å². The van der Waals surface area contributed by atoms with Crippen LogP contribution in [0.4, 0.5) is 0 Å². The van der Waals surface area contributed by atoms with Gasteiger partial charge in [0.15, 0.2) is 0 Å². The van der Waals surface area contributed by atoms with Crippen LogP contribution in [-0.4, -0.2) is 45.0 Å². The maximum atomic E-state index is 11.0. The average molecular weight is 314 g/mol. The molecule has 3 heterocycles. The van der Waals surface area contributed by atoms with E-state index in [1.165, 1.54) is 0 Å². The molecule has 100 valence electrons. The lowest BCUT2D eigenvalue weighted by Gasteiger charge is -2.38. The zero-order valence-corrected chi connectivity index (χ0v) is 12.6. The Bertz CT molecular complexity index is 473. The van der Waals surface area contributed by atoms with Crippen molar-refractivity contribution in [3.05, 3.63) is 15.9 Å². The smallest absolute Gasteiger partial charge is 0.0756 e. The zero-order valence-electron chi connectivity index (χ0n) is 11.0. The minimum atomic E-state index is -0.546. The van der Waals surface area contributed by atoms with Gasteiger partial charge in [0.2, 0.25) is 0 Å². The Hall–Kier alpha value is -0.390. The fraction of sp³-hybridized carbons (Fsp3) is 0.769. The maximum absolute atomic E-state index is 11.0. The molecule has 4 nitrogen and oxygen atoms in total. The Labute approximate surface area is 116 Å². The van der Waals surface area contributed by atoms with Crippen molar-refractivity contribution in [2.24, 2.45) is 13.0 Å². The Morgan fingerprint density at radius 2 is 2.28 bits per heavy atom. The molecule has 1 aromatic heterocycles. The first kappa shape index (κ1) is 12.6.